The van der Waals surface area contributed by atoms with Gasteiger partial charge in [-0.15, -0.1) is 0 Å². The van der Waals surface area contributed by atoms with Crippen LogP contribution in [0.15, 0.2) is 30.3 Å². The molecular formula is C20H32N+. The molecule has 0 N–H and O–H groups in total. The van der Waals surface area contributed by atoms with Gasteiger partial charge in [-0.2, -0.15) is 0 Å². The molecule has 1 aliphatic heterocycles. The molecular weight excluding hydrogens is 254 g/mol. The quantitative estimate of drug-likeness (QED) is 0.667. The van der Waals surface area contributed by atoms with Crippen LogP contribution in [0.3, 0.4) is 0 Å². The number of hydrogen-bond donors (Lipinski definition) is 0. The Hall–Kier alpha value is -0.820. The lowest BCUT2D eigenvalue weighted by atomic mass is 9.78. The molecule has 0 bridgehead atoms. The van der Waals surface area contributed by atoms with Crippen LogP contribution in [0.5, 0.6) is 0 Å². The molecule has 2 fully saturated rings. The zero-order chi connectivity index (χ0) is 14.7. The standard InChI is InChI=1S/C20H32N/c1-3-4-12-18-16-21(2,15-17-10-6-5-7-11-17)20-14-9-8-13-19(18)20/h5-7,10-11,18-20H,3-4,8-9,12-16H2,1-2H3/q+1. The van der Waals surface area contributed by atoms with Crippen LogP contribution in [0.2, 0.25) is 0 Å². The van der Waals surface area contributed by atoms with E-state index in [9.17, 15) is 0 Å². The Kier molecular flexibility index (Phi) is 4.69. The highest BCUT2D eigenvalue weighted by Crippen LogP contribution is 2.46. The molecule has 0 aromatic heterocycles. The minimum atomic E-state index is 0.931. The van der Waals surface area contributed by atoms with Crippen molar-refractivity contribution in [3.8, 4) is 0 Å². The summed E-state index contributed by atoms with van der Waals surface area (Å²) in [6.07, 6.45) is 10.2. The summed E-state index contributed by atoms with van der Waals surface area (Å²) in [5, 5.41) is 0. The predicted molar refractivity (Wildman–Crippen MR) is 90.0 cm³/mol. The highest BCUT2D eigenvalue weighted by molar-refractivity contribution is 5.13. The number of unbranched alkanes of at least 4 members (excludes halogenated alkanes) is 1. The molecule has 1 aliphatic carbocycles. The van der Waals surface area contributed by atoms with Crippen molar-refractivity contribution in [1.29, 1.82) is 0 Å². The molecule has 0 amide bonds. The molecule has 1 heteroatoms. The van der Waals surface area contributed by atoms with Crippen molar-refractivity contribution in [1.82, 2.24) is 0 Å². The van der Waals surface area contributed by atoms with Gasteiger partial charge in [0.25, 0.3) is 0 Å². The van der Waals surface area contributed by atoms with Gasteiger partial charge >= 0.3 is 0 Å². The first-order valence-electron chi connectivity index (χ1n) is 9.11. The Morgan fingerprint density at radius 1 is 1.10 bits per heavy atom. The van der Waals surface area contributed by atoms with Gasteiger partial charge in [-0.3, -0.25) is 0 Å². The second kappa shape index (κ2) is 6.52. The number of quaternary nitrogens is 1. The van der Waals surface area contributed by atoms with Crippen LogP contribution < -0.4 is 0 Å². The van der Waals surface area contributed by atoms with E-state index in [1.165, 1.54) is 68.1 Å². The number of nitrogens with zero attached hydrogens (tertiary/aromatic N) is 1. The van der Waals surface area contributed by atoms with Gasteiger partial charge < -0.3 is 4.48 Å². The van der Waals surface area contributed by atoms with Gasteiger partial charge in [-0.1, -0.05) is 56.5 Å². The van der Waals surface area contributed by atoms with E-state index in [0.717, 1.165) is 17.9 Å². The summed E-state index contributed by atoms with van der Waals surface area (Å²) in [6, 6.07) is 12.1. The molecule has 1 aromatic rings. The smallest absolute Gasteiger partial charge is 0.104 e. The van der Waals surface area contributed by atoms with Gasteiger partial charge in [-0.25, -0.2) is 0 Å². The maximum atomic E-state index is 2.54. The molecule has 1 saturated carbocycles. The molecule has 21 heavy (non-hydrogen) atoms. The average molecular weight is 286 g/mol. The molecule has 1 heterocycles. The minimum Gasteiger partial charge on any atom is -0.319 e. The van der Waals surface area contributed by atoms with Crippen LogP contribution >= 0.6 is 0 Å². The van der Waals surface area contributed by atoms with Crippen LogP contribution in [0.1, 0.15) is 57.4 Å². The lowest BCUT2D eigenvalue weighted by Crippen LogP contribution is -2.49. The fourth-order valence-electron chi connectivity index (χ4n) is 5.22. The summed E-state index contributed by atoms with van der Waals surface area (Å²) < 4.78 is 1.31. The van der Waals surface area contributed by atoms with E-state index >= 15 is 0 Å². The second-order valence-corrected chi connectivity index (χ2v) is 7.72. The first-order valence-corrected chi connectivity index (χ1v) is 9.11. The number of benzene rings is 1. The fraction of sp³-hybridized carbons (Fsp3) is 0.700. The van der Waals surface area contributed by atoms with Crippen molar-refractivity contribution in [2.24, 2.45) is 11.8 Å². The summed E-state index contributed by atoms with van der Waals surface area (Å²) in [6.45, 7) is 5.00. The Morgan fingerprint density at radius 3 is 2.62 bits per heavy atom. The largest absolute Gasteiger partial charge is 0.319 e. The Bertz CT molecular complexity index is 440. The third kappa shape index (κ3) is 3.18. The van der Waals surface area contributed by atoms with Crippen LogP contribution in [0, 0.1) is 11.8 Å². The predicted octanol–water partition coefficient (Wildman–Crippen LogP) is 5.01. The van der Waals surface area contributed by atoms with Gasteiger partial charge in [-0.05, 0) is 25.7 Å². The van der Waals surface area contributed by atoms with Crippen LogP contribution in [-0.2, 0) is 6.54 Å². The molecule has 3 rings (SSSR count). The van der Waals surface area contributed by atoms with Gasteiger partial charge in [0.05, 0.1) is 19.6 Å². The number of hydrogen-bond acceptors (Lipinski definition) is 0. The Balaban J connectivity index is 1.76. The lowest BCUT2D eigenvalue weighted by molar-refractivity contribution is -0.937. The van der Waals surface area contributed by atoms with Crippen LogP contribution in [0.4, 0.5) is 0 Å². The van der Waals surface area contributed by atoms with E-state index in [-0.39, 0.29) is 0 Å². The van der Waals surface area contributed by atoms with Crippen LogP contribution in [-0.4, -0.2) is 24.1 Å². The maximum Gasteiger partial charge on any atom is 0.104 e. The van der Waals surface area contributed by atoms with Crippen molar-refractivity contribution < 1.29 is 4.48 Å². The van der Waals surface area contributed by atoms with E-state index in [0.29, 0.717) is 0 Å². The minimum absolute atomic E-state index is 0.931. The summed E-state index contributed by atoms with van der Waals surface area (Å²) in [4.78, 5) is 0. The third-order valence-electron chi connectivity index (χ3n) is 6.15. The normalized spacial score (nSPS) is 35.6. The number of likely N-dealkylation sites (tertiary alicyclic amines) is 1. The van der Waals surface area contributed by atoms with E-state index in [1.807, 2.05) is 0 Å². The second-order valence-electron chi connectivity index (χ2n) is 7.72. The molecule has 2 aliphatic rings. The summed E-state index contributed by atoms with van der Waals surface area (Å²) in [7, 11) is 2.54. The third-order valence-corrected chi connectivity index (χ3v) is 6.15. The Morgan fingerprint density at radius 2 is 1.86 bits per heavy atom. The van der Waals surface area contributed by atoms with Crippen LogP contribution in [0.25, 0.3) is 0 Å². The number of rotatable bonds is 5. The highest BCUT2D eigenvalue weighted by Gasteiger charge is 2.51. The van der Waals surface area contributed by atoms with E-state index in [4.69, 9.17) is 0 Å². The van der Waals surface area contributed by atoms with Crippen molar-refractivity contribution in [3.63, 3.8) is 0 Å². The molecule has 4 atom stereocenters. The maximum absolute atomic E-state index is 2.54. The van der Waals surface area contributed by atoms with Crippen molar-refractivity contribution in [2.45, 2.75) is 64.5 Å². The van der Waals surface area contributed by atoms with Crippen molar-refractivity contribution in [2.75, 3.05) is 13.6 Å². The molecule has 4 unspecified atom stereocenters. The number of fused-ring (bicyclic) bond motifs is 1. The molecule has 0 radical (unpaired) electrons. The lowest BCUT2D eigenvalue weighted by Gasteiger charge is -2.40. The summed E-state index contributed by atoms with van der Waals surface area (Å²) in [5.74, 6) is 2.00. The van der Waals surface area contributed by atoms with E-state index in [1.54, 1.807) is 0 Å². The van der Waals surface area contributed by atoms with Crippen molar-refractivity contribution >= 4 is 0 Å². The molecule has 1 nitrogen and oxygen atoms in total. The fourth-order valence-corrected chi connectivity index (χ4v) is 5.22. The SMILES string of the molecule is CCCCC1C[N+](C)(Cc2ccccc2)C2CCCCC12. The van der Waals surface area contributed by atoms with Gasteiger partial charge in [0.1, 0.15) is 6.54 Å². The summed E-state index contributed by atoms with van der Waals surface area (Å²) in [5.41, 5.74) is 1.53. The zero-order valence-electron chi connectivity index (χ0n) is 13.9. The molecule has 1 aromatic carbocycles. The topological polar surface area (TPSA) is 0 Å². The van der Waals surface area contributed by atoms with Gasteiger partial charge in [0, 0.05) is 17.4 Å². The molecule has 1 saturated heterocycles. The van der Waals surface area contributed by atoms with Gasteiger partial charge in [0.2, 0.25) is 0 Å². The highest BCUT2D eigenvalue weighted by atomic mass is 15.4. The average Bonchev–Trinajstić information content (AvgIpc) is 2.79. The molecule has 116 valence electrons. The first kappa shape index (κ1) is 15.1. The monoisotopic (exact) mass is 286 g/mol. The van der Waals surface area contributed by atoms with E-state index < -0.39 is 0 Å². The summed E-state index contributed by atoms with van der Waals surface area (Å²) >= 11 is 0. The van der Waals surface area contributed by atoms with Gasteiger partial charge in [0.15, 0.2) is 0 Å². The van der Waals surface area contributed by atoms with Crippen molar-refractivity contribution in [3.05, 3.63) is 35.9 Å². The molecule has 0 spiro atoms. The van der Waals surface area contributed by atoms with E-state index in [2.05, 4.69) is 44.3 Å². The Labute approximate surface area is 130 Å². The zero-order valence-corrected chi connectivity index (χ0v) is 13.9. The first-order chi connectivity index (χ1) is 10.2.